The second-order valence-corrected chi connectivity index (χ2v) is 5.44. The minimum Gasteiger partial charge on any atom is -0.493 e. The van der Waals surface area contributed by atoms with E-state index in [2.05, 4.69) is 18.3 Å². The molecule has 1 fully saturated rings. The third-order valence-electron chi connectivity index (χ3n) is 3.72. The molecule has 0 saturated heterocycles. The molecule has 0 unspecified atom stereocenters. The minimum atomic E-state index is 0.557. The molecule has 4 heteroatoms. The Morgan fingerprint density at radius 3 is 2.75 bits per heavy atom. The maximum absolute atomic E-state index is 6.04. The van der Waals surface area contributed by atoms with Crippen LogP contribution in [0.3, 0.4) is 0 Å². The number of hydrogen-bond donors (Lipinski definition) is 1. The second kappa shape index (κ2) is 5.46. The number of ether oxygens (including phenoxy) is 2. The summed E-state index contributed by atoms with van der Waals surface area (Å²) in [6.45, 7) is 3.37. The molecule has 2 aromatic rings. The Morgan fingerprint density at radius 2 is 2.10 bits per heavy atom. The lowest BCUT2D eigenvalue weighted by Crippen LogP contribution is -2.15. The first-order valence-corrected chi connectivity index (χ1v) is 7.04. The van der Waals surface area contributed by atoms with Gasteiger partial charge in [-0.1, -0.05) is 0 Å². The van der Waals surface area contributed by atoms with Gasteiger partial charge in [-0.2, -0.15) is 0 Å². The summed E-state index contributed by atoms with van der Waals surface area (Å²) in [4.78, 5) is 0. The highest BCUT2D eigenvalue weighted by atomic mass is 16.5. The summed E-state index contributed by atoms with van der Waals surface area (Å²) < 4.78 is 16.8. The fourth-order valence-corrected chi connectivity index (χ4v) is 2.53. The van der Waals surface area contributed by atoms with Crippen LogP contribution in [0.25, 0.3) is 11.0 Å². The molecule has 1 aliphatic carbocycles. The second-order valence-electron chi connectivity index (χ2n) is 5.44. The predicted molar refractivity (Wildman–Crippen MR) is 78.1 cm³/mol. The van der Waals surface area contributed by atoms with Gasteiger partial charge < -0.3 is 19.2 Å². The molecule has 0 amide bonds. The number of rotatable bonds is 6. The molecule has 1 heterocycles. The number of nitrogens with one attached hydrogen (secondary N) is 1. The molecule has 1 saturated carbocycles. The smallest absolute Gasteiger partial charge is 0.176 e. The van der Waals surface area contributed by atoms with Crippen molar-refractivity contribution in [3.05, 3.63) is 29.0 Å². The predicted octanol–water partition coefficient (Wildman–Crippen LogP) is 3.15. The molecule has 108 valence electrons. The summed E-state index contributed by atoms with van der Waals surface area (Å²) in [5.41, 5.74) is 3.10. The Balaban J connectivity index is 2.04. The summed E-state index contributed by atoms with van der Waals surface area (Å²) in [7, 11) is 3.39. The van der Waals surface area contributed by atoms with Crippen LogP contribution in [-0.2, 0) is 17.9 Å². The molecule has 4 nitrogen and oxygen atoms in total. The Hall–Kier alpha value is -1.52. The van der Waals surface area contributed by atoms with Crippen molar-refractivity contribution in [2.45, 2.75) is 39.0 Å². The van der Waals surface area contributed by atoms with Crippen molar-refractivity contribution in [1.82, 2.24) is 5.32 Å². The van der Waals surface area contributed by atoms with Crippen molar-refractivity contribution in [1.29, 1.82) is 0 Å². The fraction of sp³-hybridized carbons (Fsp3) is 0.500. The number of benzene rings is 1. The van der Waals surface area contributed by atoms with Gasteiger partial charge in [-0.05, 0) is 37.5 Å². The summed E-state index contributed by atoms with van der Waals surface area (Å²) in [5, 5.41) is 4.59. The molecule has 0 spiro atoms. The van der Waals surface area contributed by atoms with Gasteiger partial charge in [0.1, 0.15) is 5.76 Å². The number of hydrogen-bond acceptors (Lipinski definition) is 4. The lowest BCUT2D eigenvalue weighted by Gasteiger charge is -2.03. The van der Waals surface area contributed by atoms with Gasteiger partial charge in [-0.25, -0.2) is 0 Å². The molecule has 0 aliphatic heterocycles. The summed E-state index contributed by atoms with van der Waals surface area (Å²) in [6, 6.07) is 4.79. The van der Waals surface area contributed by atoms with Crippen molar-refractivity contribution in [2.24, 2.45) is 0 Å². The van der Waals surface area contributed by atoms with Crippen LogP contribution >= 0.6 is 0 Å². The van der Waals surface area contributed by atoms with Crippen LogP contribution in [0.15, 0.2) is 16.5 Å². The van der Waals surface area contributed by atoms with Crippen molar-refractivity contribution in [3.63, 3.8) is 0 Å². The van der Waals surface area contributed by atoms with Crippen LogP contribution in [0.4, 0.5) is 0 Å². The van der Waals surface area contributed by atoms with E-state index in [9.17, 15) is 0 Å². The van der Waals surface area contributed by atoms with Gasteiger partial charge in [0, 0.05) is 24.1 Å². The first-order valence-electron chi connectivity index (χ1n) is 7.04. The Bertz CT molecular complexity index is 614. The average molecular weight is 275 g/mol. The zero-order valence-electron chi connectivity index (χ0n) is 12.3. The third-order valence-corrected chi connectivity index (χ3v) is 3.72. The van der Waals surface area contributed by atoms with Gasteiger partial charge in [-0.3, -0.25) is 0 Å². The lowest BCUT2D eigenvalue weighted by atomic mass is 10.1. The van der Waals surface area contributed by atoms with Gasteiger partial charge in [0.05, 0.1) is 20.3 Å². The van der Waals surface area contributed by atoms with Gasteiger partial charge >= 0.3 is 0 Å². The average Bonchev–Trinajstić information content (AvgIpc) is 3.20. The highest BCUT2D eigenvalue weighted by molar-refractivity contribution is 5.88. The first kappa shape index (κ1) is 13.5. The van der Waals surface area contributed by atoms with E-state index in [4.69, 9.17) is 13.9 Å². The Kier molecular flexibility index (Phi) is 3.68. The van der Waals surface area contributed by atoms with E-state index in [0.717, 1.165) is 40.2 Å². The highest BCUT2D eigenvalue weighted by Crippen LogP contribution is 2.35. The molecule has 0 bridgehead atoms. The van der Waals surface area contributed by atoms with E-state index >= 15 is 0 Å². The minimum absolute atomic E-state index is 0.557. The Morgan fingerprint density at radius 1 is 1.30 bits per heavy atom. The van der Waals surface area contributed by atoms with Crippen LogP contribution in [0.2, 0.25) is 0 Å². The standard InChI is InChI=1S/C16H21NO3/c1-10-6-12-13(9-18-2)15(8-17-11-4-5-11)20-16(12)14(7-10)19-3/h6-7,11,17H,4-5,8-9H2,1-3H3. The summed E-state index contributed by atoms with van der Waals surface area (Å²) in [5.74, 6) is 1.74. The van der Waals surface area contributed by atoms with Crippen molar-refractivity contribution < 1.29 is 13.9 Å². The van der Waals surface area contributed by atoms with Crippen LogP contribution in [0.5, 0.6) is 5.75 Å². The van der Waals surface area contributed by atoms with Gasteiger partial charge in [0.2, 0.25) is 0 Å². The van der Waals surface area contributed by atoms with Crippen LogP contribution in [-0.4, -0.2) is 20.3 Å². The van der Waals surface area contributed by atoms with Crippen molar-refractivity contribution in [3.8, 4) is 5.75 Å². The van der Waals surface area contributed by atoms with Crippen LogP contribution in [0, 0.1) is 6.92 Å². The largest absolute Gasteiger partial charge is 0.493 e. The molecule has 1 aromatic heterocycles. The quantitative estimate of drug-likeness (QED) is 0.879. The van der Waals surface area contributed by atoms with E-state index in [1.165, 1.54) is 12.8 Å². The number of methoxy groups -OCH3 is 2. The molecule has 1 N–H and O–H groups in total. The SMILES string of the molecule is COCc1c(CNC2CC2)oc2c(OC)cc(C)cc12. The summed E-state index contributed by atoms with van der Waals surface area (Å²) in [6.07, 6.45) is 2.53. The van der Waals surface area contributed by atoms with Crippen molar-refractivity contribution >= 4 is 11.0 Å². The summed E-state index contributed by atoms with van der Waals surface area (Å²) >= 11 is 0. The number of furan rings is 1. The maximum Gasteiger partial charge on any atom is 0.176 e. The van der Waals surface area contributed by atoms with Crippen LogP contribution in [0.1, 0.15) is 29.7 Å². The molecule has 0 radical (unpaired) electrons. The van der Waals surface area contributed by atoms with Gasteiger partial charge in [-0.15, -0.1) is 0 Å². The monoisotopic (exact) mass is 275 g/mol. The molecular weight excluding hydrogens is 254 g/mol. The fourth-order valence-electron chi connectivity index (χ4n) is 2.53. The van der Waals surface area contributed by atoms with E-state index < -0.39 is 0 Å². The zero-order chi connectivity index (χ0) is 14.1. The Labute approximate surface area is 119 Å². The zero-order valence-corrected chi connectivity index (χ0v) is 12.3. The molecule has 1 aliphatic rings. The van der Waals surface area contributed by atoms with E-state index in [1.54, 1.807) is 14.2 Å². The molecule has 3 rings (SSSR count). The normalized spacial score (nSPS) is 14.9. The molecule has 1 aromatic carbocycles. The van der Waals surface area contributed by atoms with E-state index in [0.29, 0.717) is 12.6 Å². The number of fused-ring (bicyclic) bond motifs is 1. The third kappa shape index (κ3) is 2.53. The highest BCUT2D eigenvalue weighted by Gasteiger charge is 2.23. The lowest BCUT2D eigenvalue weighted by molar-refractivity contribution is 0.183. The van der Waals surface area contributed by atoms with Crippen LogP contribution < -0.4 is 10.1 Å². The van der Waals surface area contributed by atoms with E-state index in [-0.39, 0.29) is 0 Å². The topological polar surface area (TPSA) is 43.6 Å². The first-order chi connectivity index (χ1) is 9.72. The van der Waals surface area contributed by atoms with Gasteiger partial charge in [0.15, 0.2) is 11.3 Å². The van der Waals surface area contributed by atoms with Crippen molar-refractivity contribution in [2.75, 3.05) is 14.2 Å². The molecule has 0 atom stereocenters. The number of aryl methyl sites for hydroxylation is 1. The van der Waals surface area contributed by atoms with Gasteiger partial charge in [0.25, 0.3) is 0 Å². The maximum atomic E-state index is 6.04. The molecule has 20 heavy (non-hydrogen) atoms. The van der Waals surface area contributed by atoms with E-state index in [1.807, 2.05) is 6.07 Å². The molecular formula is C16H21NO3.